The molecule has 3 saturated heterocycles. The van der Waals surface area contributed by atoms with Crippen LogP contribution in [-0.2, 0) is 25.4 Å². The molecule has 0 saturated carbocycles. The van der Waals surface area contributed by atoms with E-state index in [0.29, 0.717) is 58.0 Å². The molecular weight excluding hydrogens is 629 g/mol. The number of aromatic hydroxyl groups is 1. The van der Waals surface area contributed by atoms with Crippen LogP contribution in [0.25, 0.3) is 0 Å². The summed E-state index contributed by atoms with van der Waals surface area (Å²) in [5, 5.41) is 23.1. The third kappa shape index (κ3) is 8.72. The van der Waals surface area contributed by atoms with E-state index in [4.69, 9.17) is 19.2 Å². The predicted molar refractivity (Wildman–Crippen MR) is 180 cm³/mol. The number of fused-ring (bicyclic) bond motifs is 2. The van der Waals surface area contributed by atoms with Crippen LogP contribution in [-0.4, -0.2) is 110 Å². The summed E-state index contributed by atoms with van der Waals surface area (Å²) >= 11 is 3.65. The number of ketones is 1. The summed E-state index contributed by atoms with van der Waals surface area (Å²) in [5.74, 6) is 2.35. The number of amidine groups is 1. The van der Waals surface area contributed by atoms with E-state index in [9.17, 15) is 14.7 Å². The van der Waals surface area contributed by atoms with Gasteiger partial charge in [0.05, 0.1) is 69.0 Å². The van der Waals surface area contributed by atoms with E-state index in [1.54, 1.807) is 23.5 Å². The lowest BCUT2D eigenvalue weighted by Crippen LogP contribution is -2.42. The summed E-state index contributed by atoms with van der Waals surface area (Å²) in [6, 6.07) is 9.84. The minimum absolute atomic E-state index is 0.0552. The number of phenols is 1. The van der Waals surface area contributed by atoms with E-state index in [2.05, 4.69) is 32.2 Å². The molecule has 250 valence electrons. The third-order valence-electron chi connectivity index (χ3n) is 8.55. The second-order valence-electron chi connectivity index (χ2n) is 11.9. The Bertz CT molecular complexity index is 1370. The number of carbonyl (C=O) groups is 2. The lowest BCUT2D eigenvalue weighted by atomic mass is 10.0. The van der Waals surface area contributed by atoms with Crippen molar-refractivity contribution in [2.45, 2.75) is 55.6 Å². The number of thiophene rings is 1. The van der Waals surface area contributed by atoms with Gasteiger partial charge in [-0.05, 0) is 31.0 Å². The Hall–Kier alpha value is -2.88. The number of aliphatic imine (C=N–C) groups is 1. The van der Waals surface area contributed by atoms with Gasteiger partial charge in [0.15, 0.2) is 0 Å². The molecule has 2 aromatic rings. The van der Waals surface area contributed by atoms with Crippen LogP contribution in [0.3, 0.4) is 0 Å². The van der Waals surface area contributed by atoms with Gasteiger partial charge in [0, 0.05) is 47.4 Å². The number of hydrogen-bond acceptors (Lipinski definition) is 12. The Morgan fingerprint density at radius 2 is 1.98 bits per heavy atom. The third-order valence-corrected chi connectivity index (χ3v) is 11.2. The number of phenolic OH excluding ortho intramolecular Hbond substituents is 1. The van der Waals surface area contributed by atoms with E-state index in [-0.39, 0.29) is 35.8 Å². The molecule has 14 heteroatoms. The largest absolute Gasteiger partial charge is 0.508 e. The summed E-state index contributed by atoms with van der Waals surface area (Å²) in [6.45, 7) is 5.10. The molecule has 4 aliphatic rings. The molecule has 4 aliphatic heterocycles. The Kier molecular flexibility index (Phi) is 11.7. The smallest absolute Gasteiger partial charge is 0.315 e. The Labute approximate surface area is 278 Å². The second-order valence-corrected chi connectivity index (χ2v) is 14.3. The predicted octanol–water partition coefficient (Wildman–Crippen LogP) is 3.07. The summed E-state index contributed by atoms with van der Waals surface area (Å²) in [5.41, 5.74) is 1.97. The molecule has 0 bridgehead atoms. The van der Waals surface area contributed by atoms with E-state index in [0.717, 1.165) is 66.5 Å². The number of nitrogens with zero attached hydrogens (tertiary/aromatic N) is 2. The highest BCUT2D eigenvalue weighted by Gasteiger charge is 2.42. The Morgan fingerprint density at radius 3 is 2.85 bits per heavy atom. The average molecular weight is 673 g/mol. The van der Waals surface area contributed by atoms with Gasteiger partial charge in [-0.25, -0.2) is 9.79 Å². The molecule has 1 aromatic heterocycles. The van der Waals surface area contributed by atoms with Crippen LogP contribution >= 0.6 is 23.1 Å². The number of amides is 2. The van der Waals surface area contributed by atoms with Crippen LogP contribution in [0.5, 0.6) is 5.75 Å². The van der Waals surface area contributed by atoms with Gasteiger partial charge in [-0.3, -0.25) is 10.1 Å². The average Bonchev–Trinajstić information content (AvgIpc) is 3.76. The van der Waals surface area contributed by atoms with Gasteiger partial charge in [0.25, 0.3) is 0 Å². The molecule has 0 spiro atoms. The van der Waals surface area contributed by atoms with Crippen molar-refractivity contribution in [3.05, 3.63) is 45.6 Å². The molecule has 46 heavy (non-hydrogen) atoms. The molecule has 6 rings (SSSR count). The number of Topliss-reactive ketones (excluding diaryl/α,β-unsaturated/α-hetero) is 1. The minimum atomic E-state index is -0.276. The van der Waals surface area contributed by atoms with Crippen molar-refractivity contribution in [3.63, 3.8) is 0 Å². The number of thioether (sulfide) groups is 1. The highest BCUT2D eigenvalue weighted by molar-refractivity contribution is 8.00. The molecule has 12 nitrogen and oxygen atoms in total. The first-order chi connectivity index (χ1) is 22.5. The van der Waals surface area contributed by atoms with Crippen LogP contribution in [0, 0.1) is 0 Å². The number of carbonyl (C=O) groups excluding carboxylic acids is 2. The summed E-state index contributed by atoms with van der Waals surface area (Å²) in [6.07, 6.45) is 3.95. The highest BCUT2D eigenvalue weighted by atomic mass is 32.2. The fourth-order valence-electron chi connectivity index (χ4n) is 6.18. The molecule has 1 aromatic carbocycles. The van der Waals surface area contributed by atoms with Crippen molar-refractivity contribution in [1.29, 1.82) is 0 Å². The zero-order chi connectivity index (χ0) is 31.7. The maximum absolute atomic E-state index is 12.2. The fourth-order valence-corrected chi connectivity index (χ4v) is 8.85. The molecule has 4 unspecified atom stereocenters. The number of ether oxygens (including phenoxy) is 3. The first kappa shape index (κ1) is 33.0. The van der Waals surface area contributed by atoms with E-state index >= 15 is 0 Å². The first-order valence-corrected chi connectivity index (χ1v) is 18.1. The van der Waals surface area contributed by atoms with Gasteiger partial charge in [0.1, 0.15) is 23.5 Å². The first-order valence-electron chi connectivity index (χ1n) is 16.2. The maximum atomic E-state index is 12.2. The second kappa shape index (κ2) is 16.3. The minimum Gasteiger partial charge on any atom is -0.508 e. The van der Waals surface area contributed by atoms with Gasteiger partial charge < -0.3 is 40.2 Å². The Morgan fingerprint density at radius 1 is 1.11 bits per heavy atom. The van der Waals surface area contributed by atoms with Gasteiger partial charge in [-0.15, -0.1) is 11.3 Å². The van der Waals surface area contributed by atoms with Gasteiger partial charge >= 0.3 is 6.03 Å². The van der Waals surface area contributed by atoms with Crippen LogP contribution in [0.4, 0.5) is 10.5 Å². The topological polar surface area (TPSA) is 146 Å². The molecule has 5 N–H and O–H groups in total. The van der Waals surface area contributed by atoms with Crippen LogP contribution in [0.2, 0.25) is 0 Å². The van der Waals surface area contributed by atoms with Crippen molar-refractivity contribution in [2.24, 2.45) is 4.99 Å². The SMILES string of the molecule is O=C(CCCCC1SCC2NC(=O)NC21)CNCOCCOCCc1cc2c(s1)C(N1CCOCC1)=NC(c1cccc(O)c1)N2. The number of anilines is 1. The number of rotatable bonds is 16. The van der Waals surface area contributed by atoms with E-state index in [1.165, 1.54) is 4.88 Å². The van der Waals surface area contributed by atoms with E-state index < -0.39 is 0 Å². The van der Waals surface area contributed by atoms with Crippen LogP contribution in [0.1, 0.15) is 47.2 Å². The van der Waals surface area contributed by atoms with Gasteiger partial charge in [0.2, 0.25) is 0 Å². The lowest BCUT2D eigenvalue weighted by Gasteiger charge is -2.33. The standard InChI is InChI=1S/C32H44N6O6S2/c39-22-6-3-4-21(16-22)30-34-25-17-24(46-29(25)31(37-30)38-9-12-43-13-10-38)8-11-42-14-15-44-20-33-18-23(40)5-1-2-7-27-28-26(19-45-27)35-32(41)36-28/h3-4,6,16-17,26-28,30,33-34,39H,1-2,5,7-15,18-20H2,(H2,35,36,41). The van der Waals surface area contributed by atoms with Crippen molar-refractivity contribution < 1.29 is 28.9 Å². The number of morpholine rings is 1. The zero-order valence-electron chi connectivity index (χ0n) is 26.0. The van der Waals surface area contributed by atoms with Crippen molar-refractivity contribution >= 4 is 46.4 Å². The molecule has 2 amide bonds. The van der Waals surface area contributed by atoms with E-state index in [1.807, 2.05) is 23.9 Å². The molecule has 4 atom stereocenters. The maximum Gasteiger partial charge on any atom is 0.315 e. The molecule has 0 aliphatic carbocycles. The molecule has 0 radical (unpaired) electrons. The normalized spacial score (nSPS) is 23.7. The van der Waals surface area contributed by atoms with Gasteiger partial charge in [-0.2, -0.15) is 11.8 Å². The number of benzene rings is 1. The summed E-state index contributed by atoms with van der Waals surface area (Å²) in [7, 11) is 0. The molecular formula is C32H44N6O6S2. The molecule has 3 fully saturated rings. The van der Waals surface area contributed by atoms with Gasteiger partial charge in [-0.1, -0.05) is 18.6 Å². The monoisotopic (exact) mass is 672 g/mol. The van der Waals surface area contributed by atoms with Crippen LogP contribution in [0.15, 0.2) is 35.3 Å². The number of urea groups is 1. The number of hydrogen-bond donors (Lipinski definition) is 5. The summed E-state index contributed by atoms with van der Waals surface area (Å²) < 4.78 is 17.0. The van der Waals surface area contributed by atoms with Crippen LogP contribution < -0.4 is 21.3 Å². The Balaban J connectivity index is 0.843. The zero-order valence-corrected chi connectivity index (χ0v) is 27.6. The van der Waals surface area contributed by atoms with Crippen molar-refractivity contribution in [2.75, 3.05) is 70.5 Å². The summed E-state index contributed by atoms with van der Waals surface area (Å²) in [4.78, 5) is 33.4. The lowest BCUT2D eigenvalue weighted by molar-refractivity contribution is -0.118. The number of nitrogens with one attached hydrogen (secondary N) is 4. The quantitative estimate of drug-likeness (QED) is 0.103. The van der Waals surface area contributed by atoms with Crippen molar-refractivity contribution in [3.8, 4) is 5.75 Å². The molecule has 5 heterocycles. The fraction of sp³-hybridized carbons (Fsp3) is 0.594. The highest BCUT2D eigenvalue weighted by Crippen LogP contribution is 2.38. The van der Waals surface area contributed by atoms with Crippen molar-refractivity contribution in [1.82, 2.24) is 20.9 Å². The number of unbranched alkanes of at least 4 members (excludes halogenated alkanes) is 1.